The van der Waals surface area contributed by atoms with E-state index in [1.165, 1.54) is 12.1 Å². The van der Waals surface area contributed by atoms with E-state index in [1.807, 2.05) is 12.1 Å². The smallest absolute Gasteiger partial charge is 0.338 e. The zero-order chi connectivity index (χ0) is 23.0. The third kappa shape index (κ3) is 5.22. The van der Waals surface area contributed by atoms with Crippen molar-refractivity contribution in [1.29, 1.82) is 0 Å². The molecule has 2 aliphatic rings. The van der Waals surface area contributed by atoms with Crippen LogP contribution < -0.4 is 4.74 Å². The minimum atomic E-state index is -1.25. The second-order valence-corrected chi connectivity index (χ2v) is 10.0. The molecule has 0 radical (unpaired) electrons. The lowest BCUT2D eigenvalue weighted by Crippen LogP contribution is -2.44. The molecule has 1 saturated heterocycles. The van der Waals surface area contributed by atoms with Gasteiger partial charge in [0.25, 0.3) is 0 Å². The van der Waals surface area contributed by atoms with Gasteiger partial charge >= 0.3 is 5.97 Å². The van der Waals surface area contributed by atoms with E-state index in [0.29, 0.717) is 28.4 Å². The van der Waals surface area contributed by atoms with Crippen LogP contribution in [0.5, 0.6) is 5.75 Å². The van der Waals surface area contributed by atoms with Gasteiger partial charge < -0.3 is 9.84 Å². The minimum Gasteiger partial charge on any atom is -0.493 e. The van der Waals surface area contributed by atoms with Crippen LogP contribution in [0.25, 0.3) is 0 Å². The fourth-order valence-electron chi connectivity index (χ4n) is 4.68. The molecule has 1 heterocycles. The van der Waals surface area contributed by atoms with Gasteiger partial charge in [-0.05, 0) is 80.8 Å². The van der Waals surface area contributed by atoms with Crippen molar-refractivity contribution in [2.45, 2.75) is 57.5 Å². The predicted octanol–water partition coefficient (Wildman–Crippen LogP) is 6.95. The van der Waals surface area contributed by atoms with Crippen LogP contribution >= 0.6 is 23.2 Å². The van der Waals surface area contributed by atoms with Crippen LogP contribution in [-0.4, -0.2) is 35.2 Å². The summed E-state index contributed by atoms with van der Waals surface area (Å²) in [5, 5.41) is 10.5. The van der Waals surface area contributed by atoms with Crippen molar-refractivity contribution >= 4 is 29.2 Å². The molecule has 1 saturated carbocycles. The highest BCUT2D eigenvalue weighted by Gasteiger charge is 2.32. The third-order valence-corrected chi connectivity index (χ3v) is 7.15. The zero-order valence-corrected chi connectivity index (χ0v) is 19.8. The number of benzene rings is 2. The van der Waals surface area contributed by atoms with E-state index >= 15 is 0 Å². The van der Waals surface area contributed by atoms with Gasteiger partial charge in [-0.15, -0.1) is 0 Å². The lowest BCUT2D eigenvalue weighted by Gasteiger charge is -2.42. The fourth-order valence-corrected chi connectivity index (χ4v) is 5.22. The Hall–Kier alpha value is -1.82. The van der Waals surface area contributed by atoms with Gasteiger partial charge in [0, 0.05) is 40.7 Å². The summed E-state index contributed by atoms with van der Waals surface area (Å²) in [5.41, 5.74) is 1.61. The van der Waals surface area contributed by atoms with Crippen LogP contribution in [0.1, 0.15) is 73.0 Å². The summed E-state index contributed by atoms with van der Waals surface area (Å²) in [4.78, 5) is 13.8. The molecule has 4 nitrogen and oxygen atoms in total. The average Bonchev–Trinajstić information content (AvgIpc) is 3.57. The number of carboxylic acid groups (broad SMARTS) is 1. The van der Waals surface area contributed by atoms with Gasteiger partial charge in [0.1, 0.15) is 11.6 Å². The Labute approximate surface area is 198 Å². The molecule has 1 N–H and O–H groups in total. The normalized spacial score (nSPS) is 22.5. The Morgan fingerprint density at radius 2 is 1.84 bits per heavy atom. The van der Waals surface area contributed by atoms with Crippen molar-refractivity contribution in [3.63, 3.8) is 0 Å². The maximum atomic E-state index is 14.3. The lowest BCUT2D eigenvalue weighted by molar-refractivity contribution is 0.0584. The van der Waals surface area contributed by atoms with E-state index in [2.05, 4.69) is 18.7 Å². The van der Waals surface area contributed by atoms with Gasteiger partial charge in [-0.3, -0.25) is 4.90 Å². The second kappa shape index (κ2) is 9.58. The highest BCUT2D eigenvalue weighted by Crippen LogP contribution is 2.45. The molecule has 1 aliphatic carbocycles. The number of halogens is 3. The largest absolute Gasteiger partial charge is 0.493 e. The van der Waals surface area contributed by atoms with E-state index < -0.39 is 11.8 Å². The Morgan fingerprint density at radius 3 is 2.47 bits per heavy atom. The number of ether oxygens (including phenoxy) is 1. The first-order valence-corrected chi connectivity index (χ1v) is 11.9. The molecule has 0 aromatic heterocycles. The van der Waals surface area contributed by atoms with Crippen molar-refractivity contribution < 1.29 is 19.0 Å². The number of rotatable bonds is 7. The number of aromatic carboxylic acids is 1. The molecule has 172 valence electrons. The predicted molar refractivity (Wildman–Crippen MR) is 125 cm³/mol. The zero-order valence-electron chi connectivity index (χ0n) is 18.3. The van der Waals surface area contributed by atoms with E-state index in [-0.39, 0.29) is 23.4 Å². The maximum absolute atomic E-state index is 14.3. The van der Waals surface area contributed by atoms with Crippen LogP contribution in [-0.2, 0) is 0 Å². The van der Waals surface area contributed by atoms with Gasteiger partial charge in [-0.1, -0.05) is 23.2 Å². The van der Waals surface area contributed by atoms with Crippen molar-refractivity contribution in [2.24, 2.45) is 5.92 Å². The number of hydrogen-bond donors (Lipinski definition) is 1. The van der Waals surface area contributed by atoms with Crippen molar-refractivity contribution in [1.82, 2.24) is 4.90 Å². The van der Waals surface area contributed by atoms with Crippen LogP contribution in [0.3, 0.4) is 0 Å². The van der Waals surface area contributed by atoms with Gasteiger partial charge in [0.2, 0.25) is 0 Å². The van der Waals surface area contributed by atoms with Crippen molar-refractivity contribution in [3.05, 3.63) is 62.9 Å². The molecule has 2 fully saturated rings. The van der Waals surface area contributed by atoms with E-state index in [0.717, 1.165) is 43.4 Å². The Morgan fingerprint density at radius 1 is 1.16 bits per heavy atom. The summed E-state index contributed by atoms with van der Waals surface area (Å²) in [6.07, 6.45) is 4.02. The number of carbonyl (C=O) groups is 1. The summed E-state index contributed by atoms with van der Waals surface area (Å²) in [6.45, 7) is 5.70. The molecule has 1 aliphatic heterocycles. The molecule has 2 aromatic rings. The summed E-state index contributed by atoms with van der Waals surface area (Å²) >= 11 is 12.4. The van der Waals surface area contributed by atoms with E-state index in [9.17, 15) is 14.3 Å². The average molecular weight is 480 g/mol. The minimum absolute atomic E-state index is 0.151. The summed E-state index contributed by atoms with van der Waals surface area (Å²) in [5.74, 6) is -0.961. The first kappa shape index (κ1) is 23.3. The summed E-state index contributed by atoms with van der Waals surface area (Å²) in [7, 11) is 0. The first-order valence-electron chi connectivity index (χ1n) is 11.1. The van der Waals surface area contributed by atoms with Gasteiger partial charge in [0.05, 0.1) is 12.2 Å². The number of carboxylic acids is 1. The molecule has 4 rings (SSSR count). The Balaban J connectivity index is 1.46. The number of nitrogens with zero attached hydrogens (tertiary/aromatic N) is 1. The topological polar surface area (TPSA) is 49.8 Å². The highest BCUT2D eigenvalue weighted by molar-refractivity contribution is 6.34. The van der Waals surface area contributed by atoms with Gasteiger partial charge in [-0.2, -0.15) is 0 Å². The molecule has 3 atom stereocenters. The number of piperidine rings is 1. The van der Waals surface area contributed by atoms with Gasteiger partial charge in [0.15, 0.2) is 0 Å². The molecule has 0 spiro atoms. The fraction of sp³-hybridized carbons (Fsp3) is 0.480. The maximum Gasteiger partial charge on any atom is 0.338 e. The molecular weight excluding hydrogens is 452 g/mol. The summed E-state index contributed by atoms with van der Waals surface area (Å²) in [6, 6.07) is 8.91. The number of likely N-dealkylation sites (tertiary alicyclic amines) is 1. The highest BCUT2D eigenvalue weighted by atomic mass is 35.5. The molecule has 0 unspecified atom stereocenters. The van der Waals surface area contributed by atoms with Crippen molar-refractivity contribution in [2.75, 3.05) is 13.2 Å². The number of hydrogen-bond acceptors (Lipinski definition) is 3. The van der Waals surface area contributed by atoms with E-state index in [1.54, 1.807) is 6.07 Å². The summed E-state index contributed by atoms with van der Waals surface area (Å²) < 4.78 is 20.4. The molecular formula is C25H28Cl2FNO3. The molecule has 0 amide bonds. The second-order valence-electron chi connectivity index (χ2n) is 9.13. The monoisotopic (exact) mass is 479 g/mol. The van der Waals surface area contributed by atoms with Crippen LogP contribution in [0, 0.1) is 11.7 Å². The SMILES string of the molecule is C[C@@H]1CC[C@@H](COc2cc(F)c(C(=O)O)cc2C2CC2)CN1[C@@H](C)c1cc(Cl)cc(Cl)c1. The Bertz CT molecular complexity index is 991. The standard InChI is InChI=1S/C25H28Cl2FNO3/c1-14-3-4-16(12-29(14)15(2)18-7-19(26)9-20(27)8-18)13-32-24-11-23(28)22(25(30)31)10-21(24)17-5-6-17/h7-11,14-17H,3-6,12-13H2,1-2H3,(H,30,31)/t14-,15+,16-/m1/s1. The Kier molecular flexibility index (Phi) is 6.99. The van der Waals surface area contributed by atoms with E-state index in [4.69, 9.17) is 27.9 Å². The molecule has 7 heteroatoms. The van der Waals surface area contributed by atoms with Gasteiger partial charge in [-0.25, -0.2) is 9.18 Å². The molecule has 32 heavy (non-hydrogen) atoms. The van der Waals surface area contributed by atoms with Crippen LogP contribution in [0.15, 0.2) is 30.3 Å². The first-order chi connectivity index (χ1) is 15.2. The quantitative estimate of drug-likeness (QED) is 0.466. The van der Waals surface area contributed by atoms with Crippen LogP contribution in [0.4, 0.5) is 4.39 Å². The molecule has 2 aromatic carbocycles. The lowest BCUT2D eigenvalue weighted by atomic mass is 9.91. The molecule has 0 bridgehead atoms. The third-order valence-electron chi connectivity index (χ3n) is 6.71. The van der Waals surface area contributed by atoms with Crippen molar-refractivity contribution in [3.8, 4) is 5.75 Å². The van der Waals surface area contributed by atoms with Crippen LogP contribution in [0.2, 0.25) is 10.0 Å².